The van der Waals surface area contributed by atoms with Crippen LogP contribution >= 0.6 is 0 Å². The summed E-state index contributed by atoms with van der Waals surface area (Å²) in [5.74, 6) is -1.11. The standard InChI is InChI=1S/C31H34O6/c1-3-5-7-15-27(22-11-8-6-9-12-22)37-28-18-16-25(20-23(28)17-19-29(32)33)30(34)24-13-10-14-26(21-24)31(35)36-4-2/h6,8-14,16,18,20-21,27H,3-5,7,15,17,19H2,1-2H3,(H,32,33). The lowest BCUT2D eigenvalue weighted by Crippen LogP contribution is -2.11. The number of unbranched alkanes of at least 4 members (excludes halogenated alkanes) is 2. The van der Waals surface area contributed by atoms with Crippen LogP contribution in [-0.4, -0.2) is 29.4 Å². The molecule has 0 saturated carbocycles. The van der Waals surface area contributed by atoms with Gasteiger partial charge in [0.15, 0.2) is 5.78 Å². The van der Waals surface area contributed by atoms with E-state index >= 15 is 0 Å². The van der Waals surface area contributed by atoms with Crippen molar-refractivity contribution in [3.8, 4) is 5.75 Å². The number of hydrogen-bond acceptors (Lipinski definition) is 5. The van der Waals surface area contributed by atoms with E-state index in [9.17, 15) is 19.5 Å². The lowest BCUT2D eigenvalue weighted by molar-refractivity contribution is -0.136. The maximum Gasteiger partial charge on any atom is 0.338 e. The number of carboxylic acid groups (broad SMARTS) is 1. The molecule has 0 spiro atoms. The second-order valence-electron chi connectivity index (χ2n) is 8.86. The molecule has 3 rings (SSSR count). The van der Waals surface area contributed by atoms with Gasteiger partial charge in [0.25, 0.3) is 0 Å². The Labute approximate surface area is 218 Å². The first-order chi connectivity index (χ1) is 17.9. The Balaban J connectivity index is 1.91. The maximum absolute atomic E-state index is 13.3. The van der Waals surface area contributed by atoms with Crippen LogP contribution < -0.4 is 4.74 Å². The summed E-state index contributed by atoms with van der Waals surface area (Å²) in [7, 11) is 0. The number of aryl methyl sites for hydroxylation is 1. The van der Waals surface area contributed by atoms with Gasteiger partial charge in [-0.2, -0.15) is 0 Å². The zero-order chi connectivity index (χ0) is 26.6. The molecular formula is C31H34O6. The molecule has 194 valence electrons. The Kier molecular flexibility index (Phi) is 10.4. The highest BCUT2D eigenvalue weighted by molar-refractivity contribution is 6.10. The minimum atomic E-state index is -0.924. The van der Waals surface area contributed by atoms with Gasteiger partial charge >= 0.3 is 11.9 Å². The largest absolute Gasteiger partial charge is 0.485 e. The molecule has 37 heavy (non-hydrogen) atoms. The van der Waals surface area contributed by atoms with Gasteiger partial charge in [0.1, 0.15) is 11.9 Å². The number of aliphatic carboxylic acids is 1. The molecule has 3 aromatic carbocycles. The number of rotatable bonds is 14. The van der Waals surface area contributed by atoms with Crippen molar-refractivity contribution >= 4 is 17.7 Å². The van der Waals surface area contributed by atoms with Crippen molar-refractivity contribution in [2.75, 3.05) is 6.61 Å². The van der Waals surface area contributed by atoms with Gasteiger partial charge in [-0.05, 0) is 67.6 Å². The third kappa shape index (κ3) is 8.04. The van der Waals surface area contributed by atoms with E-state index in [0.29, 0.717) is 28.0 Å². The third-order valence-electron chi connectivity index (χ3n) is 6.08. The van der Waals surface area contributed by atoms with E-state index in [2.05, 4.69) is 6.92 Å². The maximum atomic E-state index is 13.3. The molecule has 1 atom stereocenters. The van der Waals surface area contributed by atoms with Crippen molar-refractivity contribution in [1.82, 2.24) is 0 Å². The number of benzene rings is 3. The van der Waals surface area contributed by atoms with Crippen LogP contribution in [0.25, 0.3) is 0 Å². The van der Waals surface area contributed by atoms with E-state index in [1.165, 1.54) is 6.07 Å². The van der Waals surface area contributed by atoms with E-state index in [1.807, 2.05) is 30.3 Å². The summed E-state index contributed by atoms with van der Waals surface area (Å²) in [5, 5.41) is 9.30. The fraction of sp³-hybridized carbons (Fsp3) is 0.323. The third-order valence-corrected chi connectivity index (χ3v) is 6.08. The molecule has 0 radical (unpaired) electrons. The molecule has 0 aliphatic carbocycles. The summed E-state index contributed by atoms with van der Waals surface area (Å²) >= 11 is 0. The first-order valence-electron chi connectivity index (χ1n) is 12.8. The summed E-state index contributed by atoms with van der Waals surface area (Å²) in [5.41, 5.74) is 2.77. The molecule has 3 aromatic rings. The zero-order valence-electron chi connectivity index (χ0n) is 21.4. The van der Waals surface area contributed by atoms with Crippen molar-refractivity contribution < 1.29 is 29.0 Å². The van der Waals surface area contributed by atoms with Crippen LogP contribution in [0, 0.1) is 0 Å². The molecule has 6 heteroatoms. The molecule has 0 fully saturated rings. The number of carbonyl (C=O) groups is 3. The predicted octanol–water partition coefficient (Wildman–Crippen LogP) is 6.81. The lowest BCUT2D eigenvalue weighted by Gasteiger charge is -2.22. The normalized spacial score (nSPS) is 11.5. The van der Waals surface area contributed by atoms with Crippen LogP contribution in [-0.2, 0) is 16.0 Å². The van der Waals surface area contributed by atoms with Crippen molar-refractivity contribution in [2.45, 2.75) is 58.5 Å². The van der Waals surface area contributed by atoms with Crippen molar-refractivity contribution in [3.63, 3.8) is 0 Å². The average Bonchev–Trinajstić information content (AvgIpc) is 2.92. The minimum Gasteiger partial charge on any atom is -0.485 e. The Hall–Kier alpha value is -3.93. The first kappa shape index (κ1) is 27.7. The fourth-order valence-electron chi connectivity index (χ4n) is 4.14. The van der Waals surface area contributed by atoms with Gasteiger partial charge in [-0.1, -0.05) is 62.2 Å². The molecule has 0 aliphatic rings. The summed E-state index contributed by atoms with van der Waals surface area (Å²) in [6.45, 7) is 4.12. The van der Waals surface area contributed by atoms with Gasteiger partial charge in [0.05, 0.1) is 12.2 Å². The number of esters is 1. The van der Waals surface area contributed by atoms with Gasteiger partial charge in [0, 0.05) is 17.5 Å². The average molecular weight is 503 g/mol. The van der Waals surface area contributed by atoms with E-state index in [1.54, 1.807) is 43.3 Å². The van der Waals surface area contributed by atoms with Gasteiger partial charge < -0.3 is 14.6 Å². The molecule has 6 nitrogen and oxygen atoms in total. The number of carbonyl (C=O) groups excluding carboxylic acids is 2. The van der Waals surface area contributed by atoms with Crippen LogP contribution in [0.2, 0.25) is 0 Å². The summed E-state index contributed by atoms with van der Waals surface area (Å²) in [6.07, 6.45) is 3.99. The van der Waals surface area contributed by atoms with Crippen LogP contribution in [0.1, 0.15) is 89.5 Å². The number of ketones is 1. The second-order valence-corrected chi connectivity index (χ2v) is 8.86. The Morgan fingerprint density at radius 3 is 2.27 bits per heavy atom. The van der Waals surface area contributed by atoms with E-state index < -0.39 is 11.9 Å². The molecular weight excluding hydrogens is 468 g/mol. The van der Waals surface area contributed by atoms with Gasteiger partial charge in [0.2, 0.25) is 0 Å². The van der Waals surface area contributed by atoms with Crippen molar-refractivity contribution in [3.05, 3.63) is 101 Å². The molecule has 0 aromatic heterocycles. The quantitative estimate of drug-likeness (QED) is 0.148. The molecule has 0 amide bonds. The SMILES string of the molecule is CCCCCC(Oc1ccc(C(=O)c2cccc(C(=O)OCC)c2)cc1CCC(=O)O)c1ccccc1. The highest BCUT2D eigenvalue weighted by atomic mass is 16.5. The Morgan fingerprint density at radius 1 is 0.838 bits per heavy atom. The highest BCUT2D eigenvalue weighted by Gasteiger charge is 2.19. The van der Waals surface area contributed by atoms with Gasteiger partial charge in [-0.15, -0.1) is 0 Å². The predicted molar refractivity (Wildman–Crippen MR) is 142 cm³/mol. The Bertz CT molecular complexity index is 1200. The molecule has 0 aliphatic heterocycles. The van der Waals surface area contributed by atoms with E-state index in [4.69, 9.17) is 9.47 Å². The van der Waals surface area contributed by atoms with E-state index in [-0.39, 0.29) is 31.3 Å². The highest BCUT2D eigenvalue weighted by Crippen LogP contribution is 2.31. The van der Waals surface area contributed by atoms with Gasteiger partial charge in [-0.25, -0.2) is 4.79 Å². The number of hydrogen-bond donors (Lipinski definition) is 1. The zero-order valence-corrected chi connectivity index (χ0v) is 21.4. The Morgan fingerprint density at radius 2 is 1.57 bits per heavy atom. The van der Waals surface area contributed by atoms with E-state index in [0.717, 1.165) is 31.2 Å². The number of carboxylic acids is 1. The van der Waals surface area contributed by atoms with Crippen LogP contribution in [0.4, 0.5) is 0 Å². The van der Waals surface area contributed by atoms with Crippen molar-refractivity contribution in [2.24, 2.45) is 0 Å². The number of ether oxygens (including phenoxy) is 2. The summed E-state index contributed by atoms with van der Waals surface area (Å²) in [6, 6.07) is 21.5. The first-order valence-corrected chi connectivity index (χ1v) is 12.8. The molecule has 0 saturated heterocycles. The molecule has 0 bridgehead atoms. The fourth-order valence-corrected chi connectivity index (χ4v) is 4.14. The van der Waals surface area contributed by atoms with Gasteiger partial charge in [-0.3, -0.25) is 9.59 Å². The summed E-state index contributed by atoms with van der Waals surface area (Å²) in [4.78, 5) is 36.7. The van der Waals surface area contributed by atoms with Crippen molar-refractivity contribution in [1.29, 1.82) is 0 Å². The molecule has 0 heterocycles. The summed E-state index contributed by atoms with van der Waals surface area (Å²) < 4.78 is 11.5. The lowest BCUT2D eigenvalue weighted by atomic mass is 9.97. The minimum absolute atomic E-state index is 0.0851. The topological polar surface area (TPSA) is 89.9 Å². The van der Waals surface area contributed by atoms with Crippen LogP contribution in [0.15, 0.2) is 72.8 Å². The van der Waals surface area contributed by atoms with Crippen LogP contribution in [0.3, 0.4) is 0 Å². The monoisotopic (exact) mass is 502 g/mol. The second kappa shape index (κ2) is 14.0. The smallest absolute Gasteiger partial charge is 0.338 e. The van der Waals surface area contributed by atoms with Crippen LogP contribution in [0.5, 0.6) is 5.75 Å². The molecule has 1 unspecified atom stereocenters. The molecule has 1 N–H and O–H groups in total.